The molecule has 1 heterocycles. The van der Waals surface area contributed by atoms with Crippen molar-refractivity contribution in [1.82, 2.24) is 5.32 Å². The highest BCUT2D eigenvalue weighted by atomic mass is 16.7. The van der Waals surface area contributed by atoms with E-state index in [9.17, 15) is 35.1 Å². The van der Waals surface area contributed by atoms with Crippen LogP contribution in [0.3, 0.4) is 0 Å². The van der Waals surface area contributed by atoms with E-state index in [1.165, 1.54) is 167 Å². The average Bonchev–Trinajstić information content (AvgIpc) is 3.44. The summed E-state index contributed by atoms with van der Waals surface area (Å²) in [6.45, 7) is 5.69. The molecule has 0 radical (unpaired) electrons. The second-order valence-corrected chi connectivity index (χ2v) is 22.8. The van der Waals surface area contributed by atoms with Gasteiger partial charge in [0.2, 0.25) is 5.91 Å². The highest BCUT2D eigenvalue weighted by Crippen LogP contribution is 2.26. The highest BCUT2D eigenvalue weighted by molar-refractivity contribution is 5.80. The summed E-state index contributed by atoms with van der Waals surface area (Å²) in [6.07, 6.45) is 57.4. The molecule has 8 atom stereocenters. The van der Waals surface area contributed by atoms with E-state index in [2.05, 4.69) is 62.5 Å². The van der Waals surface area contributed by atoms with Crippen molar-refractivity contribution in [2.45, 2.75) is 352 Å². The first kappa shape index (κ1) is 73.6. The van der Waals surface area contributed by atoms with Crippen molar-refractivity contribution in [3.05, 3.63) is 48.6 Å². The van der Waals surface area contributed by atoms with Gasteiger partial charge in [-0.1, -0.05) is 268 Å². The zero-order valence-corrected chi connectivity index (χ0v) is 50.5. The normalized spacial score (nSPS) is 19.2. The number of ether oxygens (including phenoxy) is 3. The van der Waals surface area contributed by atoms with Gasteiger partial charge < -0.3 is 45.1 Å². The van der Waals surface area contributed by atoms with E-state index in [0.717, 1.165) is 89.9 Å². The van der Waals surface area contributed by atoms with E-state index >= 15 is 0 Å². The van der Waals surface area contributed by atoms with Gasteiger partial charge in [0.1, 0.15) is 24.4 Å². The van der Waals surface area contributed by atoms with Crippen molar-refractivity contribution < 1.29 is 49.3 Å². The second-order valence-electron chi connectivity index (χ2n) is 22.8. The molecule has 0 aromatic rings. The summed E-state index contributed by atoms with van der Waals surface area (Å²) >= 11 is 0. The molecule has 1 rings (SSSR count). The second kappa shape index (κ2) is 55.2. The van der Waals surface area contributed by atoms with Gasteiger partial charge in [-0.3, -0.25) is 9.59 Å². The van der Waals surface area contributed by atoms with E-state index in [0.29, 0.717) is 12.8 Å². The minimum Gasteiger partial charge on any atom is -0.454 e. The van der Waals surface area contributed by atoms with Crippen molar-refractivity contribution in [1.29, 1.82) is 0 Å². The van der Waals surface area contributed by atoms with Crippen LogP contribution in [0.4, 0.5) is 0 Å². The number of carbonyl (C=O) groups is 2. The maximum atomic E-state index is 13.4. The quantitative estimate of drug-likeness (QED) is 0.0195. The number of rotatable bonds is 56. The number of aliphatic hydroxyl groups is 5. The van der Waals surface area contributed by atoms with Gasteiger partial charge in [0.25, 0.3) is 0 Å². The summed E-state index contributed by atoms with van der Waals surface area (Å²) in [5.74, 6) is -1.20. The van der Waals surface area contributed by atoms with Crippen LogP contribution < -0.4 is 5.32 Å². The van der Waals surface area contributed by atoms with Crippen LogP contribution >= 0.6 is 0 Å². The van der Waals surface area contributed by atoms with Gasteiger partial charge in [-0.25, -0.2) is 0 Å². The maximum absolute atomic E-state index is 13.4. The summed E-state index contributed by atoms with van der Waals surface area (Å²) in [4.78, 5) is 26.5. The predicted octanol–water partition coefficient (Wildman–Crippen LogP) is 16.0. The van der Waals surface area contributed by atoms with Crippen molar-refractivity contribution >= 4 is 11.9 Å². The van der Waals surface area contributed by atoms with E-state index in [1.54, 1.807) is 6.08 Å². The lowest BCUT2D eigenvalue weighted by molar-refractivity contribution is -0.305. The first-order valence-electron chi connectivity index (χ1n) is 32.9. The Bertz CT molecular complexity index is 1450. The number of nitrogens with one attached hydrogen (secondary N) is 1. The lowest BCUT2D eigenvalue weighted by Gasteiger charge is -2.41. The molecule has 1 saturated heterocycles. The molecule has 0 aromatic heterocycles. The van der Waals surface area contributed by atoms with E-state index < -0.39 is 67.4 Å². The van der Waals surface area contributed by atoms with Crippen LogP contribution in [0, 0.1) is 0 Å². The molecule has 0 saturated carbocycles. The third-order valence-electron chi connectivity index (χ3n) is 15.5. The van der Waals surface area contributed by atoms with Crippen molar-refractivity contribution in [2.75, 3.05) is 13.2 Å². The topological polar surface area (TPSA) is 175 Å². The Morgan fingerprint density at radius 2 is 0.923 bits per heavy atom. The molecule has 456 valence electrons. The minimum absolute atomic E-state index is 0.125. The number of amides is 1. The van der Waals surface area contributed by atoms with Gasteiger partial charge >= 0.3 is 5.97 Å². The lowest BCUT2D eigenvalue weighted by Crippen LogP contribution is -2.61. The number of hydrogen-bond donors (Lipinski definition) is 6. The number of hydrogen-bond acceptors (Lipinski definition) is 10. The predicted molar refractivity (Wildman–Crippen MR) is 324 cm³/mol. The van der Waals surface area contributed by atoms with Crippen LogP contribution in [-0.2, 0) is 23.8 Å². The summed E-state index contributed by atoms with van der Waals surface area (Å²) in [5, 5.41) is 57.0. The van der Waals surface area contributed by atoms with Gasteiger partial charge in [-0.05, 0) is 77.0 Å². The van der Waals surface area contributed by atoms with Crippen LogP contribution in [-0.4, -0.2) is 99.6 Å². The van der Waals surface area contributed by atoms with Gasteiger partial charge in [0.05, 0.1) is 25.4 Å². The van der Waals surface area contributed by atoms with Crippen molar-refractivity contribution in [3.63, 3.8) is 0 Å². The third-order valence-corrected chi connectivity index (χ3v) is 15.5. The van der Waals surface area contributed by atoms with Crippen LogP contribution in [0.25, 0.3) is 0 Å². The van der Waals surface area contributed by atoms with Crippen LogP contribution in [0.5, 0.6) is 0 Å². The standard InChI is InChI=1S/C67H123NO10/c1-4-7-10-13-16-19-22-24-25-26-27-28-29-30-31-32-33-34-35-37-40-43-46-49-52-55-62(72)78-65-64(74)63(73)61(56-69)77-67(65)76-57-58(59(70)53-50-47-44-41-38-21-18-15-12-9-6-3)68-66(75)60(71)54-51-48-45-42-39-36-23-20-17-14-11-8-5-2/h8,11,17,20,24-25,50,53,58-61,63-65,67,69-71,73-74H,4-7,9-10,12-16,18-19,21-23,26-49,51-52,54-57H2,1-3H3,(H,68,75)/b11-8+,20-17+,25-24+,53-50+. The number of unbranched alkanes of at least 4 members (excludes halogenated alkanes) is 36. The molecule has 11 heteroatoms. The molecule has 11 nitrogen and oxygen atoms in total. The molecule has 0 spiro atoms. The first-order valence-corrected chi connectivity index (χ1v) is 32.9. The van der Waals surface area contributed by atoms with E-state index in [4.69, 9.17) is 14.2 Å². The molecular weight excluding hydrogens is 979 g/mol. The molecule has 1 fully saturated rings. The van der Waals surface area contributed by atoms with Crippen LogP contribution in [0.2, 0.25) is 0 Å². The number of allylic oxidation sites excluding steroid dienone is 7. The zero-order chi connectivity index (χ0) is 56.8. The van der Waals surface area contributed by atoms with E-state index in [1.807, 2.05) is 6.08 Å². The largest absolute Gasteiger partial charge is 0.454 e. The molecule has 6 N–H and O–H groups in total. The number of carbonyl (C=O) groups excluding carboxylic acids is 2. The molecule has 8 unspecified atom stereocenters. The highest BCUT2D eigenvalue weighted by Gasteiger charge is 2.47. The molecule has 0 aliphatic carbocycles. The minimum atomic E-state index is -1.61. The summed E-state index contributed by atoms with van der Waals surface area (Å²) < 4.78 is 17.6. The zero-order valence-electron chi connectivity index (χ0n) is 50.5. The Morgan fingerprint density at radius 1 is 0.513 bits per heavy atom. The fourth-order valence-electron chi connectivity index (χ4n) is 10.3. The van der Waals surface area contributed by atoms with Crippen LogP contribution in [0.15, 0.2) is 48.6 Å². The fraction of sp³-hybridized carbons (Fsp3) is 0.851. The molecule has 0 aromatic carbocycles. The molecule has 1 amide bonds. The monoisotopic (exact) mass is 1100 g/mol. The van der Waals surface area contributed by atoms with Gasteiger partial charge in [0, 0.05) is 6.42 Å². The third kappa shape index (κ3) is 42.5. The van der Waals surface area contributed by atoms with E-state index in [-0.39, 0.29) is 19.4 Å². The van der Waals surface area contributed by atoms with Gasteiger partial charge in [-0.15, -0.1) is 0 Å². The number of esters is 1. The molecule has 0 bridgehead atoms. The van der Waals surface area contributed by atoms with Gasteiger partial charge in [0.15, 0.2) is 12.4 Å². The summed E-state index contributed by atoms with van der Waals surface area (Å²) in [7, 11) is 0. The summed E-state index contributed by atoms with van der Waals surface area (Å²) in [5.41, 5.74) is 0. The summed E-state index contributed by atoms with van der Waals surface area (Å²) in [6, 6.07) is -1.03. The Labute approximate surface area is 478 Å². The first-order chi connectivity index (χ1) is 38.2. The fourth-order valence-corrected chi connectivity index (χ4v) is 10.3. The van der Waals surface area contributed by atoms with Gasteiger partial charge in [-0.2, -0.15) is 0 Å². The Kier molecular flexibility index (Phi) is 52.1. The smallest absolute Gasteiger partial charge is 0.306 e. The van der Waals surface area contributed by atoms with Crippen LogP contribution in [0.1, 0.15) is 303 Å². The molecule has 1 aliphatic rings. The Hall–Kier alpha value is -2.38. The molecule has 1 aliphatic heterocycles. The van der Waals surface area contributed by atoms with Crippen molar-refractivity contribution in [3.8, 4) is 0 Å². The number of aliphatic hydroxyl groups excluding tert-OH is 5. The maximum Gasteiger partial charge on any atom is 0.306 e. The Balaban J connectivity index is 2.55. The SMILES string of the molecule is CC/C=C/C/C=C/CCCCCCCCC(O)C(=O)NC(COC1OC(CO)C(O)C(O)C1OC(=O)CCCCCCCCCCCCCCCCC/C=C/CCCCCCCC)C(O)/C=C/CCCCCCCCCCC. The Morgan fingerprint density at radius 3 is 1.38 bits per heavy atom. The van der Waals surface area contributed by atoms with Crippen molar-refractivity contribution in [2.24, 2.45) is 0 Å². The average molecular weight is 1100 g/mol. The molecule has 78 heavy (non-hydrogen) atoms. The lowest BCUT2D eigenvalue weighted by atomic mass is 9.99. The molecular formula is C67H123NO10.